The summed E-state index contributed by atoms with van der Waals surface area (Å²) in [5, 5.41) is 11.7. The molecular formula is C15H22N2O4. The van der Waals surface area contributed by atoms with Crippen molar-refractivity contribution >= 4 is 12.0 Å². The van der Waals surface area contributed by atoms with E-state index < -0.39 is 11.9 Å². The molecule has 0 bridgehead atoms. The molecule has 116 valence electrons. The third-order valence-corrected chi connectivity index (χ3v) is 3.21. The first-order chi connectivity index (χ1) is 9.99. The van der Waals surface area contributed by atoms with Crippen LogP contribution in [0.25, 0.3) is 0 Å². The van der Waals surface area contributed by atoms with Crippen LogP contribution in [0.15, 0.2) is 24.3 Å². The number of urea groups is 1. The lowest BCUT2D eigenvalue weighted by Crippen LogP contribution is -2.42. The summed E-state index contributed by atoms with van der Waals surface area (Å²) in [6.45, 7) is 4.37. The van der Waals surface area contributed by atoms with Crippen LogP contribution < -0.4 is 10.1 Å². The highest BCUT2D eigenvalue weighted by atomic mass is 16.5. The number of hydrogen-bond donors (Lipinski definition) is 2. The van der Waals surface area contributed by atoms with E-state index in [4.69, 9.17) is 9.84 Å². The van der Waals surface area contributed by atoms with Crippen molar-refractivity contribution < 1.29 is 19.4 Å². The molecule has 0 radical (unpaired) electrons. The van der Waals surface area contributed by atoms with Crippen LogP contribution in [0.1, 0.15) is 19.4 Å². The maximum atomic E-state index is 12.1. The van der Waals surface area contributed by atoms with Crippen molar-refractivity contribution in [3.05, 3.63) is 29.8 Å². The molecule has 6 nitrogen and oxygen atoms in total. The van der Waals surface area contributed by atoms with Crippen LogP contribution in [0, 0.1) is 5.92 Å². The van der Waals surface area contributed by atoms with Gasteiger partial charge in [-0.05, 0) is 13.0 Å². The largest absolute Gasteiger partial charge is 0.496 e. The van der Waals surface area contributed by atoms with Gasteiger partial charge in [0.1, 0.15) is 5.75 Å². The summed E-state index contributed by atoms with van der Waals surface area (Å²) >= 11 is 0. The quantitative estimate of drug-likeness (QED) is 0.805. The predicted octanol–water partition coefficient (Wildman–Crippen LogP) is 1.95. The molecule has 6 heteroatoms. The zero-order chi connectivity index (χ0) is 15.8. The Morgan fingerprint density at radius 2 is 2.05 bits per heavy atom. The van der Waals surface area contributed by atoms with Gasteiger partial charge in [-0.1, -0.05) is 25.1 Å². The number of carboxylic acid groups (broad SMARTS) is 1. The molecule has 0 saturated heterocycles. The van der Waals surface area contributed by atoms with Crippen molar-refractivity contribution in [2.45, 2.75) is 20.4 Å². The van der Waals surface area contributed by atoms with Gasteiger partial charge in [0, 0.05) is 25.2 Å². The van der Waals surface area contributed by atoms with Gasteiger partial charge in [0.2, 0.25) is 0 Å². The lowest BCUT2D eigenvalue weighted by Gasteiger charge is -2.23. The van der Waals surface area contributed by atoms with Crippen LogP contribution in [0.4, 0.5) is 4.79 Å². The van der Waals surface area contributed by atoms with Crippen molar-refractivity contribution in [2.75, 3.05) is 20.2 Å². The average molecular weight is 294 g/mol. The number of hydrogen-bond acceptors (Lipinski definition) is 3. The Labute approximate surface area is 124 Å². The van der Waals surface area contributed by atoms with E-state index in [0.717, 1.165) is 5.56 Å². The minimum atomic E-state index is -0.911. The third-order valence-electron chi connectivity index (χ3n) is 3.21. The number of benzene rings is 1. The van der Waals surface area contributed by atoms with Crippen molar-refractivity contribution in [1.29, 1.82) is 0 Å². The molecule has 1 atom stereocenters. The van der Waals surface area contributed by atoms with Gasteiger partial charge in [-0.25, -0.2) is 4.79 Å². The Morgan fingerprint density at radius 3 is 2.62 bits per heavy atom. The lowest BCUT2D eigenvalue weighted by molar-refractivity contribution is -0.141. The zero-order valence-corrected chi connectivity index (χ0v) is 12.6. The second kappa shape index (κ2) is 8.14. The fraction of sp³-hybridized carbons (Fsp3) is 0.467. The van der Waals surface area contributed by atoms with E-state index in [1.807, 2.05) is 31.2 Å². The molecule has 0 aliphatic carbocycles. The highest BCUT2D eigenvalue weighted by molar-refractivity contribution is 5.76. The van der Waals surface area contributed by atoms with Gasteiger partial charge in [-0.2, -0.15) is 0 Å². The molecule has 2 amide bonds. The molecule has 1 rings (SSSR count). The number of aliphatic carboxylic acids is 1. The van der Waals surface area contributed by atoms with Crippen molar-refractivity contribution in [3.8, 4) is 5.75 Å². The summed E-state index contributed by atoms with van der Waals surface area (Å²) in [6.07, 6.45) is 0. The van der Waals surface area contributed by atoms with E-state index in [0.29, 0.717) is 18.8 Å². The van der Waals surface area contributed by atoms with Gasteiger partial charge in [0.15, 0.2) is 0 Å². The van der Waals surface area contributed by atoms with Crippen LogP contribution in [0.5, 0.6) is 5.75 Å². The SMILES string of the molecule is CCN(CC(C)C(=O)O)C(=O)NCc1ccccc1OC. The monoisotopic (exact) mass is 294 g/mol. The fourth-order valence-corrected chi connectivity index (χ4v) is 1.90. The van der Waals surface area contributed by atoms with Crippen LogP contribution in [-0.4, -0.2) is 42.2 Å². The summed E-state index contributed by atoms with van der Waals surface area (Å²) < 4.78 is 5.22. The number of nitrogens with one attached hydrogen (secondary N) is 1. The smallest absolute Gasteiger partial charge is 0.317 e. The predicted molar refractivity (Wildman–Crippen MR) is 79.3 cm³/mol. The first kappa shape index (κ1) is 16.8. The maximum Gasteiger partial charge on any atom is 0.317 e. The van der Waals surface area contributed by atoms with E-state index in [-0.39, 0.29) is 12.6 Å². The number of carboxylic acids is 1. The van der Waals surface area contributed by atoms with Crippen LogP contribution >= 0.6 is 0 Å². The lowest BCUT2D eigenvalue weighted by atomic mass is 10.2. The summed E-state index contributed by atoms with van der Waals surface area (Å²) in [4.78, 5) is 24.4. The zero-order valence-electron chi connectivity index (χ0n) is 12.6. The van der Waals surface area contributed by atoms with Crippen molar-refractivity contribution in [2.24, 2.45) is 5.92 Å². The molecule has 0 fully saturated rings. The first-order valence-electron chi connectivity index (χ1n) is 6.87. The van der Waals surface area contributed by atoms with Crippen LogP contribution in [0.2, 0.25) is 0 Å². The topological polar surface area (TPSA) is 78.9 Å². The van der Waals surface area contributed by atoms with Crippen molar-refractivity contribution in [3.63, 3.8) is 0 Å². The number of methoxy groups -OCH3 is 1. The molecule has 2 N–H and O–H groups in total. The number of nitrogens with zero attached hydrogens (tertiary/aromatic N) is 1. The third kappa shape index (κ3) is 4.98. The summed E-state index contributed by atoms with van der Waals surface area (Å²) in [7, 11) is 1.58. The van der Waals surface area contributed by atoms with E-state index in [1.54, 1.807) is 14.0 Å². The molecule has 0 aliphatic heterocycles. The summed E-state index contributed by atoms with van der Waals surface area (Å²) in [5.41, 5.74) is 0.871. The van der Waals surface area contributed by atoms with E-state index in [2.05, 4.69) is 5.32 Å². The van der Waals surface area contributed by atoms with Gasteiger partial charge in [0.25, 0.3) is 0 Å². The summed E-state index contributed by atoms with van der Waals surface area (Å²) in [6, 6.07) is 7.14. The Bertz CT molecular complexity index is 490. The standard InChI is InChI=1S/C15H22N2O4/c1-4-17(10-11(2)14(18)19)15(20)16-9-12-7-5-6-8-13(12)21-3/h5-8,11H,4,9-10H2,1-3H3,(H,16,20)(H,18,19). The number of amides is 2. The number of rotatable bonds is 7. The number of carbonyl (C=O) groups is 2. The molecular weight excluding hydrogens is 272 g/mol. The molecule has 1 aromatic carbocycles. The second-order valence-corrected chi connectivity index (χ2v) is 4.75. The molecule has 21 heavy (non-hydrogen) atoms. The number of para-hydroxylation sites is 1. The second-order valence-electron chi connectivity index (χ2n) is 4.75. The van der Waals surface area contributed by atoms with E-state index in [9.17, 15) is 9.59 Å². The van der Waals surface area contributed by atoms with Crippen LogP contribution in [0.3, 0.4) is 0 Å². The van der Waals surface area contributed by atoms with E-state index in [1.165, 1.54) is 4.90 Å². The first-order valence-corrected chi connectivity index (χ1v) is 6.87. The maximum absolute atomic E-state index is 12.1. The molecule has 0 heterocycles. The van der Waals surface area contributed by atoms with Gasteiger partial charge in [0.05, 0.1) is 13.0 Å². The minimum absolute atomic E-state index is 0.184. The highest BCUT2D eigenvalue weighted by Crippen LogP contribution is 2.16. The van der Waals surface area contributed by atoms with E-state index >= 15 is 0 Å². The molecule has 0 saturated carbocycles. The number of carbonyl (C=O) groups excluding carboxylic acids is 1. The fourth-order valence-electron chi connectivity index (χ4n) is 1.90. The molecule has 1 aromatic rings. The Balaban J connectivity index is 2.60. The van der Waals surface area contributed by atoms with Crippen LogP contribution in [-0.2, 0) is 11.3 Å². The average Bonchev–Trinajstić information content (AvgIpc) is 2.49. The highest BCUT2D eigenvalue weighted by Gasteiger charge is 2.19. The van der Waals surface area contributed by atoms with Gasteiger partial charge in [-0.3, -0.25) is 4.79 Å². The summed E-state index contributed by atoms with van der Waals surface area (Å²) in [5.74, 6) is -0.798. The Kier molecular flexibility index (Phi) is 6.52. The van der Waals surface area contributed by atoms with Crippen molar-refractivity contribution in [1.82, 2.24) is 10.2 Å². The molecule has 0 spiro atoms. The van der Waals surface area contributed by atoms with Gasteiger partial charge < -0.3 is 20.1 Å². The Hall–Kier alpha value is -2.24. The van der Waals surface area contributed by atoms with Gasteiger partial charge in [-0.15, -0.1) is 0 Å². The molecule has 0 aromatic heterocycles. The van der Waals surface area contributed by atoms with Gasteiger partial charge >= 0.3 is 12.0 Å². The normalized spacial score (nSPS) is 11.6. The molecule has 1 unspecified atom stereocenters. The molecule has 0 aliphatic rings. The Morgan fingerprint density at radius 1 is 1.38 bits per heavy atom. The number of ether oxygens (including phenoxy) is 1. The minimum Gasteiger partial charge on any atom is -0.496 e.